The van der Waals surface area contributed by atoms with Crippen LogP contribution in [0.2, 0.25) is 5.02 Å². The summed E-state index contributed by atoms with van der Waals surface area (Å²) >= 11 is 6.31. The lowest BCUT2D eigenvalue weighted by molar-refractivity contribution is -0.120. The highest BCUT2D eigenvalue weighted by Crippen LogP contribution is 2.31. The van der Waals surface area contributed by atoms with Gasteiger partial charge in [-0.2, -0.15) is 0 Å². The summed E-state index contributed by atoms with van der Waals surface area (Å²) in [5, 5.41) is 3.48. The number of nitrogens with one attached hydrogen (secondary N) is 1. The predicted molar refractivity (Wildman–Crippen MR) is 108 cm³/mol. The fourth-order valence-electron chi connectivity index (χ4n) is 3.42. The van der Waals surface area contributed by atoms with Crippen molar-refractivity contribution in [3.8, 4) is 0 Å². The Hall–Kier alpha value is -2.60. The molecule has 0 bridgehead atoms. The van der Waals surface area contributed by atoms with E-state index in [1.54, 1.807) is 12.3 Å². The molecule has 2 aliphatic rings. The van der Waals surface area contributed by atoms with E-state index in [1.165, 1.54) is 0 Å². The minimum atomic E-state index is -0.102. The fraction of sp³-hybridized carbons (Fsp3) is 0.381. The van der Waals surface area contributed by atoms with E-state index in [-0.39, 0.29) is 11.8 Å². The van der Waals surface area contributed by atoms with Crippen molar-refractivity contribution < 1.29 is 9.59 Å². The van der Waals surface area contributed by atoms with Gasteiger partial charge in [0.25, 0.3) is 5.91 Å². The molecule has 6 nitrogen and oxygen atoms in total. The van der Waals surface area contributed by atoms with Crippen LogP contribution in [0.4, 0.5) is 5.69 Å². The average Bonchev–Trinajstić information content (AvgIpc) is 3.53. The van der Waals surface area contributed by atoms with Crippen LogP contribution in [-0.4, -0.2) is 47.9 Å². The highest BCUT2D eigenvalue weighted by molar-refractivity contribution is 6.31. The molecule has 1 aromatic heterocycles. The molecule has 28 heavy (non-hydrogen) atoms. The van der Waals surface area contributed by atoms with Crippen molar-refractivity contribution in [3.63, 3.8) is 0 Å². The number of hydrogen-bond acceptors (Lipinski definition) is 4. The van der Waals surface area contributed by atoms with Crippen molar-refractivity contribution in [2.24, 2.45) is 5.92 Å². The molecule has 1 N–H and O–H groups in total. The standard InChI is InChI=1S/C21H23ClN4O2/c22-18-4-2-1-3-16(18)13-26(12-15-5-6-15)21(28)19-11-17(7-8-23-19)25-10-9-24-20(27)14-25/h1-4,7-8,11,15H,5-6,9-10,12-14H2,(H,24,27). The number of benzene rings is 1. The number of halogens is 1. The lowest BCUT2D eigenvalue weighted by atomic mass is 10.1. The molecule has 2 fully saturated rings. The Labute approximate surface area is 169 Å². The Kier molecular flexibility index (Phi) is 5.48. The van der Waals surface area contributed by atoms with Crippen LogP contribution < -0.4 is 10.2 Å². The maximum absolute atomic E-state index is 13.2. The number of aromatic nitrogens is 1. The Morgan fingerprint density at radius 1 is 1.29 bits per heavy atom. The fourth-order valence-corrected chi connectivity index (χ4v) is 3.61. The van der Waals surface area contributed by atoms with E-state index in [1.807, 2.05) is 40.1 Å². The molecule has 0 radical (unpaired) electrons. The first-order valence-corrected chi connectivity index (χ1v) is 9.98. The van der Waals surface area contributed by atoms with Gasteiger partial charge >= 0.3 is 0 Å². The zero-order valence-electron chi connectivity index (χ0n) is 15.6. The molecule has 2 aromatic rings. The summed E-state index contributed by atoms with van der Waals surface area (Å²) in [5.41, 5.74) is 2.18. The van der Waals surface area contributed by atoms with E-state index in [9.17, 15) is 9.59 Å². The van der Waals surface area contributed by atoms with E-state index in [2.05, 4.69) is 10.3 Å². The van der Waals surface area contributed by atoms with Crippen LogP contribution in [0.15, 0.2) is 42.6 Å². The van der Waals surface area contributed by atoms with Gasteiger partial charge in [-0.05, 0) is 42.5 Å². The number of nitrogens with zero attached hydrogens (tertiary/aromatic N) is 3. The number of pyridine rings is 1. The molecule has 1 saturated heterocycles. The molecule has 0 atom stereocenters. The number of amides is 2. The summed E-state index contributed by atoms with van der Waals surface area (Å²) in [5.74, 6) is 0.445. The van der Waals surface area contributed by atoms with Gasteiger partial charge in [0.2, 0.25) is 5.91 Å². The molecule has 1 aliphatic carbocycles. The van der Waals surface area contributed by atoms with Gasteiger partial charge < -0.3 is 15.1 Å². The highest BCUT2D eigenvalue weighted by atomic mass is 35.5. The number of rotatable bonds is 6. The summed E-state index contributed by atoms with van der Waals surface area (Å²) < 4.78 is 0. The van der Waals surface area contributed by atoms with Gasteiger partial charge in [0.05, 0.1) is 6.54 Å². The van der Waals surface area contributed by atoms with Gasteiger partial charge in [-0.3, -0.25) is 14.6 Å². The smallest absolute Gasteiger partial charge is 0.272 e. The minimum Gasteiger partial charge on any atom is -0.360 e. The Morgan fingerprint density at radius 3 is 2.86 bits per heavy atom. The quantitative estimate of drug-likeness (QED) is 0.812. The second-order valence-electron chi connectivity index (χ2n) is 7.39. The first-order valence-electron chi connectivity index (χ1n) is 9.60. The molecule has 1 aliphatic heterocycles. The second kappa shape index (κ2) is 8.19. The number of carbonyl (C=O) groups is 2. The van der Waals surface area contributed by atoms with Crippen molar-refractivity contribution in [2.45, 2.75) is 19.4 Å². The minimum absolute atomic E-state index is 0.00924. The number of anilines is 1. The summed E-state index contributed by atoms with van der Waals surface area (Å²) in [6.45, 7) is 2.79. The predicted octanol–water partition coefficient (Wildman–Crippen LogP) is 2.72. The van der Waals surface area contributed by atoms with Crippen LogP contribution in [0, 0.1) is 5.92 Å². The highest BCUT2D eigenvalue weighted by Gasteiger charge is 2.28. The molecule has 1 aromatic carbocycles. The molecular weight excluding hydrogens is 376 g/mol. The SMILES string of the molecule is O=C1CN(c2ccnc(C(=O)N(Cc3ccccc3Cl)CC3CC3)c2)CCN1. The summed E-state index contributed by atoms with van der Waals surface area (Å²) in [7, 11) is 0. The molecule has 0 unspecified atom stereocenters. The van der Waals surface area contributed by atoms with Gasteiger partial charge in [-0.15, -0.1) is 0 Å². The largest absolute Gasteiger partial charge is 0.360 e. The van der Waals surface area contributed by atoms with E-state index < -0.39 is 0 Å². The van der Waals surface area contributed by atoms with Crippen LogP contribution in [0.3, 0.4) is 0 Å². The molecule has 4 rings (SSSR count). The first-order chi connectivity index (χ1) is 13.6. The van der Waals surface area contributed by atoms with Crippen LogP contribution in [-0.2, 0) is 11.3 Å². The van der Waals surface area contributed by atoms with Gasteiger partial charge in [0.15, 0.2) is 0 Å². The van der Waals surface area contributed by atoms with Gasteiger partial charge in [-0.1, -0.05) is 29.8 Å². The van der Waals surface area contributed by atoms with E-state index >= 15 is 0 Å². The van der Waals surface area contributed by atoms with Crippen LogP contribution >= 0.6 is 11.6 Å². The lowest BCUT2D eigenvalue weighted by Gasteiger charge is -2.29. The van der Waals surface area contributed by atoms with Crippen molar-refractivity contribution in [2.75, 3.05) is 31.1 Å². The maximum atomic E-state index is 13.2. The maximum Gasteiger partial charge on any atom is 0.272 e. The molecule has 146 valence electrons. The van der Waals surface area contributed by atoms with Crippen molar-refractivity contribution in [3.05, 3.63) is 58.9 Å². The first kappa shape index (κ1) is 18.7. The van der Waals surface area contributed by atoms with Gasteiger partial charge in [-0.25, -0.2) is 0 Å². The molecule has 2 heterocycles. The number of piperazine rings is 1. The van der Waals surface area contributed by atoms with E-state index in [0.29, 0.717) is 42.8 Å². The average molecular weight is 399 g/mol. The normalized spacial score (nSPS) is 16.6. The third kappa shape index (κ3) is 4.44. The van der Waals surface area contributed by atoms with Crippen LogP contribution in [0.1, 0.15) is 28.9 Å². The van der Waals surface area contributed by atoms with Crippen molar-refractivity contribution in [1.29, 1.82) is 0 Å². The Morgan fingerprint density at radius 2 is 2.11 bits per heavy atom. The summed E-state index contributed by atoms with van der Waals surface area (Å²) in [4.78, 5) is 33.1. The molecular formula is C21H23ClN4O2. The Bertz CT molecular complexity index is 884. The third-order valence-electron chi connectivity index (χ3n) is 5.15. The monoisotopic (exact) mass is 398 g/mol. The zero-order valence-corrected chi connectivity index (χ0v) is 16.4. The van der Waals surface area contributed by atoms with Gasteiger partial charge in [0.1, 0.15) is 5.69 Å². The third-order valence-corrected chi connectivity index (χ3v) is 5.52. The molecule has 1 saturated carbocycles. The molecule has 7 heteroatoms. The van der Waals surface area contributed by atoms with Crippen LogP contribution in [0.25, 0.3) is 0 Å². The zero-order chi connectivity index (χ0) is 19.5. The van der Waals surface area contributed by atoms with E-state index in [0.717, 1.165) is 30.6 Å². The summed E-state index contributed by atoms with van der Waals surface area (Å²) in [6, 6.07) is 11.2. The Balaban J connectivity index is 1.55. The molecule has 2 amide bonds. The summed E-state index contributed by atoms with van der Waals surface area (Å²) in [6.07, 6.45) is 3.95. The number of carbonyl (C=O) groups excluding carboxylic acids is 2. The van der Waals surface area contributed by atoms with Crippen molar-refractivity contribution >= 4 is 29.1 Å². The lowest BCUT2D eigenvalue weighted by Crippen LogP contribution is -2.47. The van der Waals surface area contributed by atoms with Gasteiger partial charge in [0, 0.05) is 43.1 Å². The number of hydrogen-bond donors (Lipinski definition) is 1. The van der Waals surface area contributed by atoms with Crippen LogP contribution in [0.5, 0.6) is 0 Å². The van der Waals surface area contributed by atoms with Crippen molar-refractivity contribution in [1.82, 2.24) is 15.2 Å². The van der Waals surface area contributed by atoms with E-state index in [4.69, 9.17) is 11.6 Å². The topological polar surface area (TPSA) is 65.5 Å². The second-order valence-corrected chi connectivity index (χ2v) is 7.80. The molecule has 0 spiro atoms.